The SMILES string of the molecule is CCCCCCC(=O)NC(Cc1ccccc1)C(=O)O. The van der Waals surface area contributed by atoms with Crippen molar-refractivity contribution in [1.82, 2.24) is 5.32 Å². The molecule has 1 unspecified atom stereocenters. The molecule has 20 heavy (non-hydrogen) atoms. The van der Waals surface area contributed by atoms with Crippen molar-refractivity contribution in [2.75, 3.05) is 0 Å². The molecule has 110 valence electrons. The van der Waals surface area contributed by atoms with Crippen LogP contribution in [-0.2, 0) is 16.0 Å². The van der Waals surface area contributed by atoms with Crippen molar-refractivity contribution in [1.29, 1.82) is 0 Å². The average molecular weight is 277 g/mol. The van der Waals surface area contributed by atoms with Gasteiger partial charge in [0.1, 0.15) is 6.04 Å². The molecular weight excluding hydrogens is 254 g/mol. The molecule has 1 aromatic carbocycles. The molecule has 4 heteroatoms. The number of carboxylic acid groups (broad SMARTS) is 1. The van der Waals surface area contributed by atoms with E-state index >= 15 is 0 Å². The van der Waals surface area contributed by atoms with E-state index in [4.69, 9.17) is 0 Å². The molecule has 0 heterocycles. The van der Waals surface area contributed by atoms with Crippen molar-refractivity contribution in [2.45, 2.75) is 51.5 Å². The summed E-state index contributed by atoms with van der Waals surface area (Å²) in [6.07, 6.45) is 4.78. The minimum Gasteiger partial charge on any atom is -0.480 e. The first kappa shape index (κ1) is 16.2. The van der Waals surface area contributed by atoms with Gasteiger partial charge in [0.15, 0.2) is 0 Å². The number of carbonyl (C=O) groups is 2. The Labute approximate surface area is 120 Å². The summed E-state index contributed by atoms with van der Waals surface area (Å²) in [6.45, 7) is 2.11. The molecule has 0 fully saturated rings. The summed E-state index contributed by atoms with van der Waals surface area (Å²) in [5, 5.41) is 11.8. The molecule has 0 saturated carbocycles. The molecule has 4 nitrogen and oxygen atoms in total. The maximum Gasteiger partial charge on any atom is 0.326 e. The van der Waals surface area contributed by atoms with Crippen LogP contribution >= 0.6 is 0 Å². The maximum absolute atomic E-state index is 11.7. The molecule has 0 aliphatic heterocycles. The number of hydrogen-bond acceptors (Lipinski definition) is 2. The number of aliphatic carboxylic acids is 1. The fraction of sp³-hybridized carbons (Fsp3) is 0.500. The predicted molar refractivity (Wildman–Crippen MR) is 78.5 cm³/mol. The van der Waals surface area contributed by atoms with E-state index in [2.05, 4.69) is 12.2 Å². The molecule has 0 aliphatic carbocycles. The number of hydrogen-bond donors (Lipinski definition) is 2. The Morgan fingerprint density at radius 3 is 2.45 bits per heavy atom. The standard InChI is InChI=1S/C16H23NO3/c1-2-3-4-8-11-15(18)17-14(16(19)20)12-13-9-6-5-7-10-13/h5-7,9-10,14H,2-4,8,11-12H2,1H3,(H,17,18)(H,19,20). The summed E-state index contributed by atoms with van der Waals surface area (Å²) in [7, 11) is 0. The second-order valence-corrected chi connectivity index (χ2v) is 4.96. The second kappa shape index (κ2) is 9.13. The van der Waals surface area contributed by atoms with Crippen molar-refractivity contribution in [3.05, 3.63) is 35.9 Å². The summed E-state index contributed by atoms with van der Waals surface area (Å²) in [5.74, 6) is -1.17. The lowest BCUT2D eigenvalue weighted by atomic mass is 10.1. The largest absolute Gasteiger partial charge is 0.480 e. The van der Waals surface area contributed by atoms with Crippen molar-refractivity contribution in [3.8, 4) is 0 Å². The fourth-order valence-corrected chi connectivity index (χ4v) is 2.03. The van der Waals surface area contributed by atoms with E-state index in [-0.39, 0.29) is 5.91 Å². The topological polar surface area (TPSA) is 66.4 Å². The molecule has 0 saturated heterocycles. The average Bonchev–Trinajstić information content (AvgIpc) is 2.44. The maximum atomic E-state index is 11.7. The summed E-state index contributed by atoms with van der Waals surface area (Å²) < 4.78 is 0. The van der Waals surface area contributed by atoms with Gasteiger partial charge in [-0.2, -0.15) is 0 Å². The number of rotatable bonds is 9. The van der Waals surface area contributed by atoms with Crippen LogP contribution in [0.1, 0.15) is 44.6 Å². The Balaban J connectivity index is 2.43. The van der Waals surface area contributed by atoms with E-state index in [1.807, 2.05) is 30.3 Å². The van der Waals surface area contributed by atoms with Gasteiger partial charge in [0.2, 0.25) is 5.91 Å². The number of amides is 1. The molecule has 1 atom stereocenters. The highest BCUT2D eigenvalue weighted by Crippen LogP contribution is 2.06. The summed E-state index contributed by atoms with van der Waals surface area (Å²) >= 11 is 0. The van der Waals surface area contributed by atoms with Gasteiger partial charge in [-0.25, -0.2) is 4.79 Å². The smallest absolute Gasteiger partial charge is 0.326 e. The first-order valence-electron chi connectivity index (χ1n) is 7.19. The molecule has 0 aromatic heterocycles. The van der Waals surface area contributed by atoms with Crippen molar-refractivity contribution >= 4 is 11.9 Å². The molecule has 1 amide bonds. The van der Waals surface area contributed by atoms with Gasteiger partial charge >= 0.3 is 5.97 Å². The number of benzene rings is 1. The third-order valence-corrected chi connectivity index (χ3v) is 3.17. The lowest BCUT2D eigenvalue weighted by Gasteiger charge is -2.14. The van der Waals surface area contributed by atoms with Crippen LogP contribution in [0.5, 0.6) is 0 Å². The van der Waals surface area contributed by atoms with Crippen LogP contribution in [0.15, 0.2) is 30.3 Å². The van der Waals surface area contributed by atoms with E-state index in [0.717, 1.165) is 31.2 Å². The zero-order valence-electron chi connectivity index (χ0n) is 12.0. The number of unbranched alkanes of at least 4 members (excludes halogenated alkanes) is 3. The molecule has 0 spiro atoms. The van der Waals surface area contributed by atoms with Gasteiger partial charge in [-0.05, 0) is 12.0 Å². The van der Waals surface area contributed by atoms with Crippen LogP contribution in [0, 0.1) is 0 Å². The predicted octanol–water partition coefficient (Wildman–Crippen LogP) is 2.77. The fourth-order valence-electron chi connectivity index (χ4n) is 2.03. The molecule has 1 aromatic rings. The lowest BCUT2D eigenvalue weighted by molar-refractivity contribution is -0.141. The van der Waals surface area contributed by atoms with Gasteiger partial charge in [0.05, 0.1) is 0 Å². The minimum atomic E-state index is -0.990. The van der Waals surface area contributed by atoms with Crippen LogP contribution in [0.25, 0.3) is 0 Å². The van der Waals surface area contributed by atoms with E-state index in [0.29, 0.717) is 12.8 Å². The van der Waals surface area contributed by atoms with Crippen LogP contribution in [-0.4, -0.2) is 23.0 Å². The van der Waals surface area contributed by atoms with Crippen LogP contribution in [0.4, 0.5) is 0 Å². The van der Waals surface area contributed by atoms with Gasteiger partial charge in [-0.3, -0.25) is 4.79 Å². The Kier molecular flexibility index (Phi) is 7.40. The second-order valence-electron chi connectivity index (χ2n) is 4.96. The van der Waals surface area contributed by atoms with Crippen LogP contribution in [0.3, 0.4) is 0 Å². The highest BCUT2D eigenvalue weighted by atomic mass is 16.4. The summed E-state index contributed by atoms with van der Waals surface area (Å²) in [6, 6.07) is 8.48. The Morgan fingerprint density at radius 1 is 1.15 bits per heavy atom. The van der Waals surface area contributed by atoms with Gasteiger partial charge in [-0.1, -0.05) is 56.5 Å². The highest BCUT2D eigenvalue weighted by molar-refractivity contribution is 5.83. The normalized spacial score (nSPS) is 11.8. The van der Waals surface area contributed by atoms with E-state index in [1.165, 1.54) is 0 Å². The molecule has 0 radical (unpaired) electrons. The Bertz CT molecular complexity index is 417. The van der Waals surface area contributed by atoms with Gasteiger partial charge in [-0.15, -0.1) is 0 Å². The molecular formula is C16H23NO3. The molecule has 0 aliphatic rings. The zero-order valence-corrected chi connectivity index (χ0v) is 12.0. The minimum absolute atomic E-state index is 0.176. The van der Waals surface area contributed by atoms with E-state index in [1.54, 1.807) is 0 Å². The number of nitrogens with one attached hydrogen (secondary N) is 1. The van der Waals surface area contributed by atoms with Crippen LogP contribution in [0.2, 0.25) is 0 Å². The number of carboxylic acids is 1. The third kappa shape index (κ3) is 6.36. The Hall–Kier alpha value is -1.84. The molecule has 2 N–H and O–H groups in total. The van der Waals surface area contributed by atoms with Crippen molar-refractivity contribution in [2.24, 2.45) is 0 Å². The van der Waals surface area contributed by atoms with E-state index in [9.17, 15) is 14.7 Å². The van der Waals surface area contributed by atoms with E-state index < -0.39 is 12.0 Å². The Morgan fingerprint density at radius 2 is 1.85 bits per heavy atom. The van der Waals surface area contributed by atoms with Crippen molar-refractivity contribution in [3.63, 3.8) is 0 Å². The van der Waals surface area contributed by atoms with Crippen molar-refractivity contribution < 1.29 is 14.7 Å². The summed E-state index contributed by atoms with van der Waals surface area (Å²) in [4.78, 5) is 22.9. The zero-order chi connectivity index (χ0) is 14.8. The van der Waals surface area contributed by atoms with Crippen LogP contribution < -0.4 is 5.32 Å². The third-order valence-electron chi connectivity index (χ3n) is 3.17. The summed E-state index contributed by atoms with van der Waals surface area (Å²) in [5.41, 5.74) is 0.909. The monoisotopic (exact) mass is 277 g/mol. The molecule has 1 rings (SSSR count). The first-order valence-corrected chi connectivity index (χ1v) is 7.19. The first-order chi connectivity index (χ1) is 9.63. The molecule has 0 bridgehead atoms. The van der Waals surface area contributed by atoms with Gasteiger partial charge < -0.3 is 10.4 Å². The van der Waals surface area contributed by atoms with Gasteiger partial charge in [0, 0.05) is 12.8 Å². The number of carbonyl (C=O) groups excluding carboxylic acids is 1. The quantitative estimate of drug-likeness (QED) is 0.682. The highest BCUT2D eigenvalue weighted by Gasteiger charge is 2.19. The van der Waals surface area contributed by atoms with Gasteiger partial charge in [0.25, 0.3) is 0 Å². The lowest BCUT2D eigenvalue weighted by Crippen LogP contribution is -2.42.